The van der Waals surface area contributed by atoms with Gasteiger partial charge in [0.2, 0.25) is 0 Å². The zero-order valence-electron chi connectivity index (χ0n) is 21.3. The lowest BCUT2D eigenvalue weighted by atomic mass is 9.41. The van der Waals surface area contributed by atoms with E-state index in [1.807, 2.05) is 6.92 Å². The number of hydrogen-bond acceptors (Lipinski definition) is 5. The number of nitrogens with two attached hydrogens (primary N) is 1. The first kappa shape index (κ1) is 24.0. The van der Waals surface area contributed by atoms with Crippen LogP contribution in [0.3, 0.4) is 0 Å². The van der Waals surface area contributed by atoms with Gasteiger partial charge in [0.15, 0.2) is 5.78 Å². The zero-order chi connectivity index (χ0) is 24.5. The Labute approximate surface area is 203 Å². The lowest BCUT2D eigenvalue weighted by Crippen LogP contribution is -2.68. The highest BCUT2D eigenvalue weighted by atomic mass is 16.3. The Bertz CT molecular complexity index is 988. The molecular weight excluding hydrogens is 428 g/mol. The molecule has 0 aromatic carbocycles. The van der Waals surface area contributed by atoms with Crippen molar-refractivity contribution >= 4 is 11.7 Å². The van der Waals surface area contributed by atoms with Gasteiger partial charge < -0.3 is 16.2 Å². The molecule has 1 aromatic rings. The number of Topliss-reactive ketones (excluding diaryl/α,β-unsaturated/α-hetero) is 1. The van der Waals surface area contributed by atoms with Gasteiger partial charge >= 0.3 is 0 Å². The van der Waals surface area contributed by atoms with Gasteiger partial charge in [-0.1, -0.05) is 13.8 Å². The molecule has 5 rings (SSSR count). The van der Waals surface area contributed by atoms with Crippen molar-refractivity contribution in [3.63, 3.8) is 0 Å². The maximum atomic E-state index is 13.5. The highest BCUT2D eigenvalue weighted by Crippen LogP contribution is 2.68. The Morgan fingerprint density at radius 3 is 2.56 bits per heavy atom. The van der Waals surface area contributed by atoms with Crippen molar-refractivity contribution in [3.8, 4) is 0 Å². The van der Waals surface area contributed by atoms with Crippen LogP contribution in [-0.4, -0.2) is 44.8 Å². The number of aliphatic hydroxyl groups is 1. The molecule has 0 saturated heterocycles. The summed E-state index contributed by atoms with van der Waals surface area (Å²) in [5.41, 5.74) is 7.23. The van der Waals surface area contributed by atoms with Gasteiger partial charge in [0, 0.05) is 24.7 Å². The summed E-state index contributed by atoms with van der Waals surface area (Å²) in [6.45, 7) is 6.97. The number of rotatable bonds is 4. The first-order valence-corrected chi connectivity index (χ1v) is 13.2. The maximum Gasteiger partial charge on any atom is 0.254 e. The fourth-order valence-electron chi connectivity index (χ4n) is 9.16. The minimum absolute atomic E-state index is 0.0101. The van der Waals surface area contributed by atoms with E-state index in [2.05, 4.69) is 24.3 Å². The fourth-order valence-corrected chi connectivity index (χ4v) is 9.16. The van der Waals surface area contributed by atoms with Gasteiger partial charge in [-0.2, -0.15) is 5.10 Å². The molecule has 0 bridgehead atoms. The van der Waals surface area contributed by atoms with E-state index >= 15 is 0 Å². The summed E-state index contributed by atoms with van der Waals surface area (Å²) in [5.74, 6) is 1.37. The Morgan fingerprint density at radius 1 is 1.09 bits per heavy atom. The maximum absolute atomic E-state index is 13.5. The van der Waals surface area contributed by atoms with Crippen molar-refractivity contribution in [1.82, 2.24) is 15.1 Å². The number of hydrogen-bond donors (Lipinski definition) is 3. The molecule has 4 aliphatic rings. The van der Waals surface area contributed by atoms with Gasteiger partial charge in [-0.25, -0.2) is 0 Å². The minimum Gasteiger partial charge on any atom is -0.390 e. The van der Waals surface area contributed by atoms with Crippen LogP contribution in [0.1, 0.15) is 88.9 Å². The van der Waals surface area contributed by atoms with Gasteiger partial charge in [0.25, 0.3) is 5.91 Å². The van der Waals surface area contributed by atoms with Crippen LogP contribution in [0.5, 0.6) is 0 Å². The third kappa shape index (κ3) is 3.48. The zero-order valence-corrected chi connectivity index (χ0v) is 21.3. The van der Waals surface area contributed by atoms with E-state index in [4.69, 9.17) is 5.73 Å². The third-order valence-electron chi connectivity index (χ3n) is 11.0. The lowest BCUT2D eigenvalue weighted by molar-refractivity contribution is -0.159. The molecule has 4 N–H and O–H groups in total. The van der Waals surface area contributed by atoms with E-state index in [-0.39, 0.29) is 40.5 Å². The van der Waals surface area contributed by atoms with E-state index in [9.17, 15) is 14.7 Å². The number of carbonyl (C=O) groups is 2. The predicted octanol–water partition coefficient (Wildman–Crippen LogP) is 3.30. The molecule has 8 atom stereocenters. The first-order valence-electron chi connectivity index (χ1n) is 13.2. The summed E-state index contributed by atoms with van der Waals surface area (Å²) in [6.07, 6.45) is 12.1. The molecule has 7 heteroatoms. The Kier molecular flexibility index (Phi) is 5.56. The fraction of sp³-hybridized carbons (Fsp3) is 0.815. The Hall–Kier alpha value is -1.73. The van der Waals surface area contributed by atoms with Gasteiger partial charge in [0.1, 0.15) is 0 Å². The van der Waals surface area contributed by atoms with Crippen molar-refractivity contribution < 1.29 is 14.7 Å². The molecule has 34 heavy (non-hydrogen) atoms. The SMILES string of the molecule is CNC(=O)c1cnn(CC(=O)[C@H]2CC[C@@H]3[C@]2(C)CC[C@H]2[C@@]3(N)CCC3C[C@](C)(O)CC[C@@]32C)c1. The van der Waals surface area contributed by atoms with Crippen LogP contribution >= 0.6 is 0 Å². The van der Waals surface area contributed by atoms with Crippen LogP contribution in [0.15, 0.2) is 12.4 Å². The quantitative estimate of drug-likeness (QED) is 0.625. The molecule has 0 aliphatic heterocycles. The lowest BCUT2D eigenvalue weighted by Gasteiger charge is -2.66. The van der Waals surface area contributed by atoms with Gasteiger partial charge in [-0.3, -0.25) is 14.3 Å². The monoisotopic (exact) mass is 470 g/mol. The molecular formula is C27H42N4O3. The molecule has 1 unspecified atom stereocenters. The number of fused-ring (bicyclic) bond motifs is 5. The topological polar surface area (TPSA) is 110 Å². The van der Waals surface area contributed by atoms with Crippen molar-refractivity contribution in [3.05, 3.63) is 18.0 Å². The van der Waals surface area contributed by atoms with Crippen molar-refractivity contribution in [2.75, 3.05) is 7.05 Å². The van der Waals surface area contributed by atoms with E-state index in [0.717, 1.165) is 57.8 Å². The van der Waals surface area contributed by atoms with Crippen molar-refractivity contribution in [2.24, 2.45) is 40.2 Å². The summed E-state index contributed by atoms with van der Waals surface area (Å²) < 4.78 is 1.60. The average Bonchev–Trinajstić information content (AvgIpc) is 3.38. The summed E-state index contributed by atoms with van der Waals surface area (Å²) in [7, 11) is 1.59. The van der Waals surface area contributed by atoms with Gasteiger partial charge in [0.05, 0.1) is 23.9 Å². The number of ketones is 1. The second kappa shape index (κ2) is 7.89. The molecule has 0 radical (unpaired) electrons. The molecule has 1 heterocycles. The number of carbonyl (C=O) groups excluding carboxylic acids is 2. The Morgan fingerprint density at radius 2 is 1.82 bits per heavy atom. The third-order valence-corrected chi connectivity index (χ3v) is 11.0. The standard InChI is InChI=1S/C27H42N4O3/c1-24(34)11-12-25(2)18(13-24)7-10-27(28)21-6-5-19(26(21,3)9-8-22(25)27)20(32)16-31-15-17(14-30-31)23(33)29-4/h14-15,18-19,21-22,34H,5-13,16,28H2,1-4H3,(H,29,33)/t18?,19-,21-,22-,24-,25+,26-,27-/m1/s1. The largest absolute Gasteiger partial charge is 0.390 e. The van der Waals surface area contributed by atoms with Crippen LogP contribution in [0.4, 0.5) is 0 Å². The highest BCUT2D eigenvalue weighted by Gasteiger charge is 2.66. The van der Waals surface area contributed by atoms with Crippen molar-refractivity contribution in [1.29, 1.82) is 0 Å². The molecule has 1 amide bonds. The van der Waals surface area contributed by atoms with E-state index in [1.54, 1.807) is 17.9 Å². The molecule has 4 fully saturated rings. The van der Waals surface area contributed by atoms with E-state index in [1.165, 1.54) is 6.20 Å². The summed E-state index contributed by atoms with van der Waals surface area (Å²) >= 11 is 0. The van der Waals surface area contributed by atoms with Crippen LogP contribution < -0.4 is 11.1 Å². The molecule has 1 aromatic heterocycles. The van der Waals surface area contributed by atoms with Gasteiger partial charge in [-0.05, 0) is 93.3 Å². The Balaban J connectivity index is 1.35. The highest BCUT2D eigenvalue weighted by molar-refractivity contribution is 5.93. The van der Waals surface area contributed by atoms with E-state index < -0.39 is 5.60 Å². The van der Waals surface area contributed by atoms with Crippen LogP contribution in [0.25, 0.3) is 0 Å². The van der Waals surface area contributed by atoms with Crippen molar-refractivity contribution in [2.45, 2.75) is 96.2 Å². The smallest absolute Gasteiger partial charge is 0.254 e. The van der Waals surface area contributed by atoms with Crippen LogP contribution in [0, 0.1) is 34.5 Å². The summed E-state index contributed by atoms with van der Waals surface area (Å²) in [5, 5.41) is 17.6. The number of nitrogens with zero attached hydrogens (tertiary/aromatic N) is 2. The minimum atomic E-state index is -0.545. The van der Waals surface area contributed by atoms with E-state index in [0.29, 0.717) is 23.3 Å². The number of nitrogens with one attached hydrogen (secondary N) is 1. The summed E-state index contributed by atoms with van der Waals surface area (Å²) in [6, 6.07) is 0. The van der Waals surface area contributed by atoms with Crippen LogP contribution in [-0.2, 0) is 11.3 Å². The molecule has 0 spiro atoms. The molecule has 4 aliphatic carbocycles. The summed E-state index contributed by atoms with van der Waals surface area (Å²) in [4.78, 5) is 25.4. The predicted molar refractivity (Wildman–Crippen MR) is 130 cm³/mol. The average molecular weight is 471 g/mol. The molecule has 4 saturated carbocycles. The number of aromatic nitrogens is 2. The molecule has 7 nitrogen and oxygen atoms in total. The second-order valence-corrected chi connectivity index (χ2v) is 12.8. The second-order valence-electron chi connectivity index (χ2n) is 12.8. The van der Waals surface area contributed by atoms with Crippen LogP contribution in [0.2, 0.25) is 0 Å². The first-order chi connectivity index (χ1) is 15.9. The normalized spacial score (nSPS) is 45.7. The van der Waals surface area contributed by atoms with Gasteiger partial charge in [-0.15, -0.1) is 0 Å². The molecule has 188 valence electrons. The number of amides is 1.